The molecule has 150 valence electrons. The molecule has 0 unspecified atom stereocenters. The largest absolute Gasteiger partial charge is 0.573 e. The van der Waals surface area contributed by atoms with E-state index in [4.69, 9.17) is 0 Å². The Hall–Kier alpha value is -3.30. The zero-order valence-electron chi connectivity index (χ0n) is 15.4. The highest BCUT2D eigenvalue weighted by Crippen LogP contribution is 2.23. The first-order valence-corrected chi connectivity index (χ1v) is 8.02. The molecule has 0 aliphatic rings. The van der Waals surface area contributed by atoms with E-state index in [1.165, 1.54) is 61.1 Å². The summed E-state index contributed by atoms with van der Waals surface area (Å²) in [5, 5.41) is 0. The predicted molar refractivity (Wildman–Crippen MR) is 95.6 cm³/mol. The summed E-state index contributed by atoms with van der Waals surface area (Å²) in [7, 11) is 4.33. The van der Waals surface area contributed by atoms with Crippen molar-refractivity contribution in [1.82, 2.24) is 14.0 Å². The van der Waals surface area contributed by atoms with Gasteiger partial charge >= 0.3 is 12.1 Å². The average molecular weight is 397 g/mol. The van der Waals surface area contributed by atoms with Crippen molar-refractivity contribution in [2.45, 2.75) is 12.9 Å². The number of carbonyl (C=O) groups is 1. The highest BCUT2D eigenvalue weighted by Gasteiger charge is 2.30. The van der Waals surface area contributed by atoms with Gasteiger partial charge in [0.15, 0.2) is 0 Å². The van der Waals surface area contributed by atoms with Crippen LogP contribution in [0.3, 0.4) is 0 Å². The van der Waals surface area contributed by atoms with E-state index in [1.807, 2.05) is 0 Å². The Labute approximate surface area is 157 Å². The van der Waals surface area contributed by atoms with Gasteiger partial charge in [-0.25, -0.2) is 4.79 Å². The maximum absolute atomic E-state index is 12.2. The second-order valence-electron chi connectivity index (χ2n) is 6.06. The number of carbonyl (C=O) groups excluding carboxylic acids is 1. The summed E-state index contributed by atoms with van der Waals surface area (Å²) in [6.45, 7) is 0.140. The number of benzene rings is 1. The first-order valence-electron chi connectivity index (χ1n) is 8.02. The number of halogens is 3. The number of rotatable bonds is 5. The average Bonchev–Trinajstić information content (AvgIpc) is 2.62. The number of hydrogen-bond acceptors (Lipinski definition) is 4. The van der Waals surface area contributed by atoms with E-state index in [0.29, 0.717) is 5.56 Å². The van der Waals surface area contributed by atoms with Crippen molar-refractivity contribution in [1.29, 1.82) is 0 Å². The molecule has 10 heteroatoms. The van der Waals surface area contributed by atoms with Gasteiger partial charge in [-0.1, -0.05) is 12.1 Å². The Morgan fingerprint density at radius 1 is 1.18 bits per heavy atom. The van der Waals surface area contributed by atoms with Gasteiger partial charge in [0.05, 0.1) is 5.56 Å². The molecule has 7 nitrogen and oxygen atoms in total. The van der Waals surface area contributed by atoms with Crippen LogP contribution in [0, 0.1) is 0 Å². The normalized spacial score (nSPS) is 11.6. The molecule has 28 heavy (non-hydrogen) atoms. The smallest absolute Gasteiger partial charge is 0.406 e. The Morgan fingerprint density at radius 2 is 1.79 bits per heavy atom. The maximum Gasteiger partial charge on any atom is 0.573 e. The number of amides is 1. The van der Waals surface area contributed by atoms with E-state index in [1.54, 1.807) is 0 Å². The third-order valence-electron chi connectivity index (χ3n) is 3.83. The van der Waals surface area contributed by atoms with Gasteiger partial charge in [0.25, 0.3) is 5.56 Å². The highest BCUT2D eigenvalue weighted by atomic mass is 19.4. The lowest BCUT2D eigenvalue weighted by atomic mass is 10.2. The Kier molecular flexibility index (Phi) is 6.12. The van der Waals surface area contributed by atoms with Crippen molar-refractivity contribution >= 4 is 12.0 Å². The van der Waals surface area contributed by atoms with Gasteiger partial charge in [0, 0.05) is 40.0 Å². The van der Waals surface area contributed by atoms with Crippen molar-refractivity contribution in [2.75, 3.05) is 7.05 Å². The molecule has 0 fully saturated rings. The number of aryl methyl sites for hydroxylation is 1. The van der Waals surface area contributed by atoms with Gasteiger partial charge in [-0.2, -0.15) is 0 Å². The fourth-order valence-electron chi connectivity index (χ4n) is 2.39. The van der Waals surface area contributed by atoms with Crippen molar-refractivity contribution in [3.8, 4) is 5.75 Å². The molecule has 1 aromatic carbocycles. The summed E-state index contributed by atoms with van der Waals surface area (Å²) in [5.41, 5.74) is -0.254. The second-order valence-corrected chi connectivity index (χ2v) is 6.06. The van der Waals surface area contributed by atoms with Gasteiger partial charge in [-0.3, -0.25) is 14.2 Å². The van der Waals surface area contributed by atoms with E-state index < -0.39 is 23.5 Å². The lowest BCUT2D eigenvalue weighted by molar-refractivity contribution is -0.274. The van der Waals surface area contributed by atoms with E-state index in [2.05, 4.69) is 4.74 Å². The molecule has 0 N–H and O–H groups in total. The van der Waals surface area contributed by atoms with Gasteiger partial charge < -0.3 is 14.2 Å². The summed E-state index contributed by atoms with van der Waals surface area (Å²) >= 11 is 0. The third kappa shape index (κ3) is 5.35. The Bertz CT molecular complexity index is 1000. The molecular formula is C18H18F3N3O4. The van der Waals surface area contributed by atoms with Crippen molar-refractivity contribution in [3.05, 3.63) is 68.5 Å². The lowest BCUT2D eigenvalue weighted by Gasteiger charge is -2.16. The molecule has 1 amide bonds. The monoisotopic (exact) mass is 397 g/mol. The molecular weight excluding hydrogens is 379 g/mol. The van der Waals surface area contributed by atoms with Crippen LogP contribution in [0.1, 0.15) is 11.1 Å². The van der Waals surface area contributed by atoms with Crippen LogP contribution in [0.5, 0.6) is 5.75 Å². The molecule has 2 rings (SSSR count). The number of likely N-dealkylation sites (N-methyl/N-ethyl adjacent to an activating group) is 1. The highest BCUT2D eigenvalue weighted by molar-refractivity contribution is 5.91. The summed E-state index contributed by atoms with van der Waals surface area (Å²) < 4.78 is 42.4. The molecule has 0 spiro atoms. The van der Waals surface area contributed by atoms with Crippen LogP contribution in [0.25, 0.3) is 6.08 Å². The molecule has 0 radical (unpaired) electrons. The quantitative estimate of drug-likeness (QED) is 0.720. The minimum Gasteiger partial charge on any atom is -0.406 e. The first kappa shape index (κ1) is 21.0. The van der Waals surface area contributed by atoms with Crippen LogP contribution in [0.15, 0.2) is 46.1 Å². The Balaban J connectivity index is 2.06. The number of aromatic nitrogens is 2. The molecule has 0 saturated carbocycles. The predicted octanol–water partition coefficient (Wildman–Crippen LogP) is 1.65. The molecule has 2 aromatic rings. The number of nitrogens with zero attached hydrogens (tertiary/aromatic N) is 3. The van der Waals surface area contributed by atoms with Crippen LogP contribution in [-0.4, -0.2) is 33.4 Å². The first-order chi connectivity index (χ1) is 13.0. The summed E-state index contributed by atoms with van der Waals surface area (Å²) in [4.78, 5) is 37.2. The molecule has 1 heterocycles. The maximum atomic E-state index is 12.2. The van der Waals surface area contributed by atoms with Crippen LogP contribution in [0.4, 0.5) is 13.2 Å². The zero-order chi connectivity index (χ0) is 21.1. The second kappa shape index (κ2) is 8.15. The molecule has 0 bridgehead atoms. The molecule has 0 atom stereocenters. The van der Waals surface area contributed by atoms with E-state index >= 15 is 0 Å². The summed E-state index contributed by atoms with van der Waals surface area (Å²) in [6, 6.07) is 5.14. The Morgan fingerprint density at radius 3 is 2.36 bits per heavy atom. The summed E-state index contributed by atoms with van der Waals surface area (Å²) in [6.07, 6.45) is -0.950. The lowest BCUT2D eigenvalue weighted by Crippen LogP contribution is -2.37. The molecule has 0 aliphatic carbocycles. The van der Waals surface area contributed by atoms with Crippen LogP contribution < -0.4 is 16.0 Å². The van der Waals surface area contributed by atoms with E-state index in [-0.39, 0.29) is 17.9 Å². The van der Waals surface area contributed by atoms with Crippen molar-refractivity contribution in [3.63, 3.8) is 0 Å². The number of alkyl halides is 3. The summed E-state index contributed by atoms with van der Waals surface area (Å²) in [5.74, 6) is -0.776. The number of ether oxygens (including phenoxy) is 1. The molecule has 0 saturated heterocycles. The molecule has 1 aromatic heterocycles. The third-order valence-corrected chi connectivity index (χ3v) is 3.83. The van der Waals surface area contributed by atoms with Crippen LogP contribution in [-0.2, 0) is 25.4 Å². The standard InChI is InChI=1S/C18H18F3N3O4/c1-22(10-12-4-7-14(8-5-12)28-18(19,20)21)15(25)9-6-13-11-23(2)17(27)24(3)16(13)26/h4-9,11H,10H2,1-3H3. The van der Waals surface area contributed by atoms with Crippen LogP contribution >= 0.6 is 0 Å². The van der Waals surface area contributed by atoms with E-state index in [9.17, 15) is 27.6 Å². The van der Waals surface area contributed by atoms with Crippen molar-refractivity contribution in [2.24, 2.45) is 14.1 Å². The van der Waals surface area contributed by atoms with Gasteiger partial charge in [0.2, 0.25) is 5.91 Å². The zero-order valence-corrected chi connectivity index (χ0v) is 15.4. The van der Waals surface area contributed by atoms with Crippen molar-refractivity contribution < 1.29 is 22.7 Å². The minimum absolute atomic E-state index is 0.140. The minimum atomic E-state index is -4.77. The number of hydrogen-bond donors (Lipinski definition) is 0. The van der Waals surface area contributed by atoms with E-state index in [0.717, 1.165) is 16.7 Å². The van der Waals surface area contributed by atoms with Crippen LogP contribution in [0.2, 0.25) is 0 Å². The van der Waals surface area contributed by atoms with Gasteiger partial charge in [0.1, 0.15) is 5.75 Å². The fraction of sp³-hybridized carbons (Fsp3) is 0.278. The van der Waals surface area contributed by atoms with Gasteiger partial charge in [-0.05, 0) is 23.8 Å². The fourth-order valence-corrected chi connectivity index (χ4v) is 2.39. The topological polar surface area (TPSA) is 73.5 Å². The SMILES string of the molecule is CN(Cc1ccc(OC(F)(F)F)cc1)C(=O)C=Cc1cn(C)c(=O)n(C)c1=O. The van der Waals surface area contributed by atoms with Gasteiger partial charge in [-0.15, -0.1) is 13.2 Å². The molecule has 0 aliphatic heterocycles.